The molecule has 0 spiro atoms. The molecule has 1 aromatic rings. The van der Waals surface area contributed by atoms with Crippen LogP contribution in [0.2, 0.25) is 0 Å². The van der Waals surface area contributed by atoms with E-state index in [4.69, 9.17) is 9.84 Å². The maximum absolute atomic E-state index is 10.9. The summed E-state index contributed by atoms with van der Waals surface area (Å²) in [6, 6.07) is 3.71. The van der Waals surface area contributed by atoms with Crippen molar-refractivity contribution in [3.63, 3.8) is 0 Å². The summed E-state index contributed by atoms with van der Waals surface area (Å²) in [5.74, 6) is -1.20. The Morgan fingerprint density at radius 2 is 2.25 bits per heavy atom. The molecule has 0 atom stereocenters. The van der Waals surface area contributed by atoms with Crippen molar-refractivity contribution < 1.29 is 19.6 Å². The minimum atomic E-state index is -1.20. The number of aromatic carboxylic acids is 1. The average Bonchev–Trinajstić information content (AvgIpc) is 2.37. The number of carbonyl (C=O) groups is 1. The molecule has 0 fully saturated rings. The molecule has 108 valence electrons. The molecule has 0 unspecified atom stereocenters. The van der Waals surface area contributed by atoms with Gasteiger partial charge in [0.15, 0.2) is 0 Å². The van der Waals surface area contributed by atoms with Crippen LogP contribution in [0.3, 0.4) is 0 Å². The lowest BCUT2D eigenvalue weighted by Gasteiger charge is -2.08. The number of carboxylic acid groups (broad SMARTS) is 1. The molecule has 7 heteroatoms. The Morgan fingerprint density at radius 1 is 1.55 bits per heavy atom. The van der Waals surface area contributed by atoms with E-state index >= 15 is 0 Å². The van der Waals surface area contributed by atoms with Crippen LogP contribution in [0.1, 0.15) is 17.3 Å². The smallest absolute Gasteiger partial charge is 0.335 e. The standard InChI is InChI=1S/C13H16N2O5/c1-9(2)8-20-6-5-14-11-4-3-10(13(16)17)7-12(11)15(18)19/h3-4,7,14H,1,5-6,8H2,2H3,(H,16,17). The van der Waals surface area contributed by atoms with E-state index in [1.165, 1.54) is 12.1 Å². The second-order valence-corrected chi connectivity index (χ2v) is 4.23. The minimum absolute atomic E-state index is 0.124. The molecule has 0 aliphatic rings. The van der Waals surface area contributed by atoms with Crippen molar-refractivity contribution in [2.24, 2.45) is 0 Å². The normalized spacial score (nSPS) is 10.1. The van der Waals surface area contributed by atoms with Gasteiger partial charge < -0.3 is 15.2 Å². The molecule has 0 saturated carbocycles. The van der Waals surface area contributed by atoms with E-state index in [0.29, 0.717) is 19.8 Å². The molecule has 0 saturated heterocycles. The quantitative estimate of drug-likeness (QED) is 0.328. The summed E-state index contributed by atoms with van der Waals surface area (Å²) in [6.07, 6.45) is 0. The Balaban J connectivity index is 2.67. The first kappa shape index (κ1) is 15.6. The molecule has 2 N–H and O–H groups in total. The SMILES string of the molecule is C=C(C)COCCNc1ccc(C(=O)O)cc1[N+](=O)[O-]. The van der Waals surface area contributed by atoms with Crippen molar-refractivity contribution >= 4 is 17.3 Å². The number of hydrogen-bond acceptors (Lipinski definition) is 5. The molecule has 0 amide bonds. The lowest BCUT2D eigenvalue weighted by atomic mass is 10.1. The van der Waals surface area contributed by atoms with Crippen LogP contribution in [0.15, 0.2) is 30.4 Å². The van der Waals surface area contributed by atoms with Crippen molar-refractivity contribution in [3.05, 3.63) is 46.0 Å². The summed E-state index contributed by atoms with van der Waals surface area (Å²) in [6.45, 7) is 6.69. The highest BCUT2D eigenvalue weighted by atomic mass is 16.6. The van der Waals surface area contributed by atoms with Gasteiger partial charge in [-0.2, -0.15) is 0 Å². The third kappa shape index (κ3) is 4.69. The van der Waals surface area contributed by atoms with Crippen molar-refractivity contribution in [2.45, 2.75) is 6.92 Å². The summed E-state index contributed by atoms with van der Waals surface area (Å²) >= 11 is 0. The fourth-order valence-corrected chi connectivity index (χ4v) is 1.47. The maximum Gasteiger partial charge on any atom is 0.335 e. The number of nitro benzene ring substituents is 1. The van der Waals surface area contributed by atoms with Crippen molar-refractivity contribution in [3.8, 4) is 0 Å². The van der Waals surface area contributed by atoms with E-state index in [1.807, 2.05) is 6.92 Å². The van der Waals surface area contributed by atoms with Crippen LogP contribution in [0.5, 0.6) is 0 Å². The van der Waals surface area contributed by atoms with Gasteiger partial charge in [0.1, 0.15) is 5.69 Å². The van der Waals surface area contributed by atoms with Crippen LogP contribution in [-0.4, -0.2) is 35.8 Å². The second-order valence-electron chi connectivity index (χ2n) is 4.23. The molecule has 0 heterocycles. The monoisotopic (exact) mass is 280 g/mol. The molecule has 1 rings (SSSR count). The molecular formula is C13H16N2O5. The second kappa shape index (κ2) is 7.25. The van der Waals surface area contributed by atoms with Gasteiger partial charge in [0.05, 0.1) is 23.7 Å². The first-order valence-corrected chi connectivity index (χ1v) is 5.89. The molecule has 0 aliphatic carbocycles. The molecule has 0 aromatic heterocycles. The number of hydrogen-bond donors (Lipinski definition) is 2. The molecule has 20 heavy (non-hydrogen) atoms. The summed E-state index contributed by atoms with van der Waals surface area (Å²) in [4.78, 5) is 21.1. The largest absolute Gasteiger partial charge is 0.478 e. The molecule has 0 aliphatic heterocycles. The highest BCUT2D eigenvalue weighted by Crippen LogP contribution is 2.25. The Hall–Kier alpha value is -2.41. The fraction of sp³-hybridized carbons (Fsp3) is 0.308. The van der Waals surface area contributed by atoms with Crippen LogP contribution >= 0.6 is 0 Å². The molecule has 0 bridgehead atoms. The number of rotatable bonds is 8. The van der Waals surface area contributed by atoms with E-state index in [9.17, 15) is 14.9 Å². The van der Waals surface area contributed by atoms with Gasteiger partial charge in [-0.15, -0.1) is 0 Å². The topological polar surface area (TPSA) is 102 Å². The van der Waals surface area contributed by atoms with Gasteiger partial charge in [0.25, 0.3) is 5.69 Å². The Bertz CT molecular complexity index is 527. The zero-order valence-electron chi connectivity index (χ0n) is 11.1. The van der Waals surface area contributed by atoms with Crippen LogP contribution in [-0.2, 0) is 4.74 Å². The highest BCUT2D eigenvalue weighted by Gasteiger charge is 2.16. The van der Waals surface area contributed by atoms with Gasteiger partial charge in [-0.25, -0.2) is 4.79 Å². The van der Waals surface area contributed by atoms with Crippen LogP contribution in [0, 0.1) is 10.1 Å². The Kier molecular flexibility index (Phi) is 5.67. The van der Waals surface area contributed by atoms with Crippen molar-refractivity contribution in [2.75, 3.05) is 25.1 Å². The number of ether oxygens (including phenoxy) is 1. The number of anilines is 1. The predicted octanol–water partition coefficient (Wildman–Crippen LogP) is 2.30. The average molecular weight is 280 g/mol. The number of benzene rings is 1. The zero-order chi connectivity index (χ0) is 15.1. The fourth-order valence-electron chi connectivity index (χ4n) is 1.47. The number of nitrogens with one attached hydrogen (secondary N) is 1. The predicted molar refractivity (Wildman–Crippen MR) is 74.2 cm³/mol. The number of carboxylic acids is 1. The molecule has 0 radical (unpaired) electrons. The third-order valence-electron chi connectivity index (χ3n) is 2.35. The summed E-state index contributed by atoms with van der Waals surface area (Å²) < 4.78 is 5.25. The van der Waals surface area contributed by atoms with Gasteiger partial charge in [-0.1, -0.05) is 12.2 Å². The van der Waals surface area contributed by atoms with E-state index in [2.05, 4.69) is 11.9 Å². The van der Waals surface area contributed by atoms with E-state index in [0.717, 1.165) is 11.6 Å². The maximum atomic E-state index is 10.9. The number of nitrogens with zero attached hydrogens (tertiary/aromatic N) is 1. The summed E-state index contributed by atoms with van der Waals surface area (Å²) in [5.41, 5.74) is 0.756. The molecular weight excluding hydrogens is 264 g/mol. The first-order valence-electron chi connectivity index (χ1n) is 5.89. The van der Waals surface area contributed by atoms with E-state index in [-0.39, 0.29) is 16.9 Å². The third-order valence-corrected chi connectivity index (χ3v) is 2.35. The van der Waals surface area contributed by atoms with Crippen LogP contribution in [0.25, 0.3) is 0 Å². The summed E-state index contributed by atoms with van der Waals surface area (Å²) in [5, 5.41) is 22.6. The van der Waals surface area contributed by atoms with Crippen molar-refractivity contribution in [1.29, 1.82) is 0 Å². The highest BCUT2D eigenvalue weighted by molar-refractivity contribution is 5.89. The van der Waals surface area contributed by atoms with Gasteiger partial charge in [0.2, 0.25) is 0 Å². The number of nitro groups is 1. The van der Waals surface area contributed by atoms with Crippen LogP contribution < -0.4 is 5.32 Å². The molecule has 7 nitrogen and oxygen atoms in total. The van der Waals surface area contributed by atoms with Gasteiger partial charge in [-0.05, 0) is 19.1 Å². The van der Waals surface area contributed by atoms with Crippen LogP contribution in [0.4, 0.5) is 11.4 Å². The van der Waals surface area contributed by atoms with Gasteiger partial charge in [0, 0.05) is 12.6 Å². The Labute approximate surface area is 116 Å². The first-order chi connectivity index (χ1) is 9.41. The van der Waals surface area contributed by atoms with Gasteiger partial charge in [-0.3, -0.25) is 10.1 Å². The lowest BCUT2D eigenvalue weighted by molar-refractivity contribution is -0.384. The Morgan fingerprint density at radius 3 is 2.80 bits per heavy atom. The minimum Gasteiger partial charge on any atom is -0.478 e. The zero-order valence-corrected chi connectivity index (χ0v) is 11.1. The van der Waals surface area contributed by atoms with Crippen molar-refractivity contribution in [1.82, 2.24) is 0 Å². The summed E-state index contributed by atoms with van der Waals surface area (Å²) in [7, 11) is 0. The van der Waals surface area contributed by atoms with Gasteiger partial charge >= 0.3 is 5.97 Å². The lowest BCUT2D eigenvalue weighted by Crippen LogP contribution is -2.11. The van der Waals surface area contributed by atoms with E-state index < -0.39 is 10.9 Å². The van der Waals surface area contributed by atoms with E-state index in [1.54, 1.807) is 0 Å². The molecule has 1 aromatic carbocycles.